The van der Waals surface area contributed by atoms with Crippen molar-refractivity contribution in [3.05, 3.63) is 62.8 Å². The summed E-state index contributed by atoms with van der Waals surface area (Å²) < 4.78 is 91.0. The minimum absolute atomic E-state index is 0.0787. The number of phenolic OH excluding ortho intramolecular Hbond substituents is 1. The predicted molar refractivity (Wildman–Crippen MR) is 179 cm³/mol. The Morgan fingerprint density at radius 2 is 1.34 bits per heavy atom. The first-order valence-electron chi connectivity index (χ1n) is 16.4. The molecule has 296 valence electrons. The number of aromatic amines is 1. The molecule has 11 nitrogen and oxygen atoms in total. The van der Waals surface area contributed by atoms with Crippen LogP contribution in [-0.4, -0.2) is 94.2 Å². The van der Waals surface area contributed by atoms with Gasteiger partial charge in [0.15, 0.2) is 0 Å². The van der Waals surface area contributed by atoms with E-state index in [4.69, 9.17) is 19.8 Å². The molecule has 6 N–H and O–H groups in total. The maximum absolute atomic E-state index is 13.4. The smallest absolute Gasteiger partial charge is 0.490 e. The van der Waals surface area contributed by atoms with E-state index in [0.717, 1.165) is 53.3 Å². The fraction of sp³-hybridized carbons (Fsp3) is 0.515. The van der Waals surface area contributed by atoms with E-state index in [0.29, 0.717) is 63.1 Å². The number of carboxylic acids is 2. The van der Waals surface area contributed by atoms with Gasteiger partial charge in [-0.3, -0.25) is 9.59 Å². The first-order valence-corrected chi connectivity index (χ1v) is 17.2. The van der Waals surface area contributed by atoms with Crippen molar-refractivity contribution in [3.8, 4) is 5.75 Å². The fourth-order valence-corrected chi connectivity index (χ4v) is 6.25. The van der Waals surface area contributed by atoms with Crippen LogP contribution in [0.5, 0.6) is 5.75 Å². The molecule has 0 spiro atoms. The summed E-state index contributed by atoms with van der Waals surface area (Å²) >= 11 is 1.11. The van der Waals surface area contributed by atoms with Gasteiger partial charge in [0.25, 0.3) is 0 Å². The van der Waals surface area contributed by atoms with Crippen molar-refractivity contribution in [1.82, 2.24) is 20.5 Å². The van der Waals surface area contributed by atoms with Crippen molar-refractivity contribution in [2.45, 2.75) is 76.2 Å². The van der Waals surface area contributed by atoms with Crippen molar-refractivity contribution in [2.75, 3.05) is 32.7 Å². The third-order valence-corrected chi connectivity index (χ3v) is 8.80. The summed E-state index contributed by atoms with van der Waals surface area (Å²) in [5.74, 6) is -6.46. The number of halogens is 8. The molecule has 4 rings (SSSR count). The average Bonchev–Trinajstić information content (AvgIpc) is 3.26. The van der Waals surface area contributed by atoms with E-state index >= 15 is 0 Å². The molecule has 0 bridgehead atoms. The Balaban J connectivity index is 0.000000587. The number of aromatic nitrogens is 1. The molecular formula is C33H40F8N4O7S. The second kappa shape index (κ2) is 21.4. The van der Waals surface area contributed by atoms with E-state index in [1.807, 2.05) is 11.0 Å². The number of H-pyrrole nitrogens is 1. The number of hydrogen-bond acceptors (Lipinski definition) is 8. The summed E-state index contributed by atoms with van der Waals surface area (Å²) in [6, 6.07) is 7.25. The molecule has 2 aromatic carbocycles. The number of thiazole rings is 1. The first kappa shape index (κ1) is 44.9. The number of carbonyl (C=O) groups is 3. The number of nitrogens with zero attached hydrogens (tertiary/aromatic N) is 1. The predicted octanol–water partition coefficient (Wildman–Crippen LogP) is 5.75. The number of nitrogens with one attached hydrogen (secondary N) is 3. The topological polar surface area (TPSA) is 172 Å². The molecule has 1 aliphatic carbocycles. The van der Waals surface area contributed by atoms with Gasteiger partial charge in [0.05, 0.1) is 4.70 Å². The van der Waals surface area contributed by atoms with Crippen LogP contribution < -0.4 is 15.5 Å². The molecular weight excluding hydrogens is 748 g/mol. The molecule has 0 radical (unpaired) electrons. The highest BCUT2D eigenvalue weighted by atomic mass is 32.1. The van der Waals surface area contributed by atoms with Gasteiger partial charge < -0.3 is 35.8 Å². The van der Waals surface area contributed by atoms with Gasteiger partial charge in [0.2, 0.25) is 5.91 Å². The Morgan fingerprint density at radius 3 is 1.89 bits per heavy atom. The Bertz CT molecular complexity index is 1650. The zero-order valence-electron chi connectivity index (χ0n) is 28.2. The Hall–Kier alpha value is -4.30. The highest BCUT2D eigenvalue weighted by Crippen LogP contribution is 2.28. The van der Waals surface area contributed by atoms with E-state index < -0.39 is 35.9 Å². The molecule has 0 aliphatic heterocycles. The molecule has 3 aromatic rings. The van der Waals surface area contributed by atoms with Crippen molar-refractivity contribution in [3.63, 3.8) is 0 Å². The van der Waals surface area contributed by atoms with Crippen LogP contribution in [0.1, 0.15) is 56.1 Å². The molecule has 1 fully saturated rings. The van der Waals surface area contributed by atoms with Gasteiger partial charge in [0, 0.05) is 38.2 Å². The van der Waals surface area contributed by atoms with Crippen LogP contribution in [0.2, 0.25) is 0 Å². The lowest BCUT2D eigenvalue weighted by Gasteiger charge is -2.32. The number of hydrogen-bond donors (Lipinski definition) is 6. The number of alkyl halides is 6. The minimum Gasteiger partial charge on any atom is -0.506 e. The summed E-state index contributed by atoms with van der Waals surface area (Å²) in [4.78, 5) is 47.3. The summed E-state index contributed by atoms with van der Waals surface area (Å²) in [5.41, 5.74) is 2.09. The first-order chi connectivity index (χ1) is 24.8. The van der Waals surface area contributed by atoms with Gasteiger partial charge in [-0.25, -0.2) is 18.4 Å². The quantitative estimate of drug-likeness (QED) is 0.0718. The summed E-state index contributed by atoms with van der Waals surface area (Å²) in [7, 11) is 0. The highest BCUT2D eigenvalue weighted by Gasteiger charge is 2.39. The average molecular weight is 789 g/mol. The lowest BCUT2D eigenvalue weighted by Crippen LogP contribution is -2.45. The number of amides is 1. The van der Waals surface area contributed by atoms with Crippen LogP contribution in [0.25, 0.3) is 10.2 Å². The van der Waals surface area contributed by atoms with E-state index in [-0.39, 0.29) is 22.6 Å². The van der Waals surface area contributed by atoms with Gasteiger partial charge in [-0.05, 0) is 68.1 Å². The second-order valence-corrected chi connectivity index (χ2v) is 12.8. The molecule has 53 heavy (non-hydrogen) atoms. The number of aliphatic carboxylic acids is 2. The van der Waals surface area contributed by atoms with Gasteiger partial charge in [-0.15, -0.1) is 0 Å². The minimum atomic E-state index is -5.08. The number of carbonyl (C=O) groups excluding carboxylic acids is 1. The van der Waals surface area contributed by atoms with E-state index in [2.05, 4.69) is 15.6 Å². The summed E-state index contributed by atoms with van der Waals surface area (Å²) in [6.07, 6.45) is -1.82. The highest BCUT2D eigenvalue weighted by molar-refractivity contribution is 7.16. The van der Waals surface area contributed by atoms with Crippen LogP contribution in [0.3, 0.4) is 0 Å². The van der Waals surface area contributed by atoms with Gasteiger partial charge >= 0.3 is 29.2 Å². The molecule has 1 aliphatic rings. The zero-order chi connectivity index (χ0) is 39.8. The van der Waals surface area contributed by atoms with Crippen LogP contribution >= 0.6 is 11.3 Å². The van der Waals surface area contributed by atoms with Crippen molar-refractivity contribution in [2.24, 2.45) is 0 Å². The maximum atomic E-state index is 13.4. The van der Waals surface area contributed by atoms with E-state index in [1.54, 1.807) is 6.07 Å². The van der Waals surface area contributed by atoms with Crippen molar-refractivity contribution in [1.29, 1.82) is 0 Å². The number of fused-ring (bicyclic) bond motifs is 1. The third-order valence-electron chi connectivity index (χ3n) is 7.84. The summed E-state index contributed by atoms with van der Waals surface area (Å²) in [6.45, 7) is 3.06. The number of benzene rings is 2. The SMILES string of the molecule is O=C(CCNCCc1cc(F)cc(F)c1)N(CCNCCc1ccc(O)c2[nH]c(=O)sc12)C1CCCCCC1.O=C(O)C(F)(F)F.O=C(O)C(F)(F)F. The van der Waals surface area contributed by atoms with E-state index in [9.17, 15) is 49.8 Å². The Labute approximate surface area is 302 Å². The molecule has 20 heteroatoms. The number of phenols is 1. The lowest BCUT2D eigenvalue weighted by atomic mass is 10.1. The largest absolute Gasteiger partial charge is 0.506 e. The number of aromatic hydroxyl groups is 1. The normalized spacial score (nSPS) is 13.7. The number of carboxylic acid groups (broad SMARTS) is 2. The maximum Gasteiger partial charge on any atom is 0.490 e. The zero-order valence-corrected chi connectivity index (χ0v) is 29.0. The van der Waals surface area contributed by atoms with E-state index in [1.165, 1.54) is 25.0 Å². The summed E-state index contributed by atoms with van der Waals surface area (Å²) in [5, 5.41) is 30.9. The lowest BCUT2D eigenvalue weighted by molar-refractivity contribution is -0.193. The molecule has 0 saturated heterocycles. The van der Waals surface area contributed by atoms with Crippen molar-refractivity contribution < 1.29 is 64.8 Å². The van der Waals surface area contributed by atoms with Gasteiger partial charge in [-0.2, -0.15) is 26.3 Å². The number of rotatable bonds is 13. The standard InChI is InChI=1S/C29H38F2N4O3S.2C2HF3O2/c30-22-17-20(18-23(31)19-22)9-12-32-14-11-26(37)35(24-5-3-1-2-4-6-24)16-15-33-13-10-21-7-8-25(36)27-28(21)39-29(38)34-27;2*3-2(4,5)1(6)7/h7-8,17-19,24,32-33,36H,1-6,9-16H2,(H,34,38);2*(H,6,7). The molecule has 1 aromatic heterocycles. The molecule has 0 atom stereocenters. The molecule has 1 saturated carbocycles. The third kappa shape index (κ3) is 16.5. The van der Waals surface area contributed by atoms with Crippen molar-refractivity contribution >= 4 is 39.4 Å². The second-order valence-electron chi connectivity index (χ2n) is 11.8. The van der Waals surface area contributed by atoms with Crippen LogP contribution in [0.4, 0.5) is 35.1 Å². The molecule has 0 unspecified atom stereocenters. The molecule has 1 amide bonds. The van der Waals surface area contributed by atoms with Crippen LogP contribution in [-0.2, 0) is 27.2 Å². The monoisotopic (exact) mass is 788 g/mol. The Kier molecular flexibility index (Phi) is 18.1. The Morgan fingerprint density at radius 1 is 0.811 bits per heavy atom. The fourth-order valence-electron chi connectivity index (χ4n) is 5.35. The molecule has 1 heterocycles. The van der Waals surface area contributed by atoms with Crippen LogP contribution in [0.15, 0.2) is 35.1 Å². The van der Waals surface area contributed by atoms with Gasteiger partial charge in [0.1, 0.15) is 22.9 Å². The van der Waals surface area contributed by atoms with Crippen LogP contribution in [0, 0.1) is 11.6 Å². The van der Waals surface area contributed by atoms with Gasteiger partial charge in [-0.1, -0.05) is 43.1 Å².